The van der Waals surface area contributed by atoms with Crippen LogP contribution >= 0.6 is 0 Å². The molecule has 0 saturated heterocycles. The predicted molar refractivity (Wildman–Crippen MR) is 131 cm³/mol. The van der Waals surface area contributed by atoms with Gasteiger partial charge in [0.05, 0.1) is 10.9 Å². The summed E-state index contributed by atoms with van der Waals surface area (Å²) in [5.41, 5.74) is 8.89. The molecule has 1 aromatic carbocycles. The lowest BCUT2D eigenvalue weighted by molar-refractivity contribution is -0.192. The van der Waals surface area contributed by atoms with E-state index >= 15 is 0 Å². The van der Waals surface area contributed by atoms with E-state index in [4.69, 9.17) is 25.8 Å². The summed E-state index contributed by atoms with van der Waals surface area (Å²) in [4.78, 5) is 40.1. The summed E-state index contributed by atoms with van der Waals surface area (Å²) in [6.07, 6.45) is -4.14. The van der Waals surface area contributed by atoms with Crippen LogP contribution in [0.25, 0.3) is 22.3 Å². The zero-order valence-electron chi connectivity index (χ0n) is 20.8. The summed E-state index contributed by atoms with van der Waals surface area (Å²) in [6, 6.07) is 7.97. The fourth-order valence-electron chi connectivity index (χ4n) is 3.23. The maximum atomic E-state index is 12.2. The molecule has 0 bridgehead atoms. The maximum Gasteiger partial charge on any atom is 0.490 e. The second-order valence-corrected chi connectivity index (χ2v) is 8.81. The minimum atomic E-state index is -5.08. The highest BCUT2D eigenvalue weighted by molar-refractivity contribution is 5.98. The van der Waals surface area contributed by atoms with Crippen LogP contribution in [0.5, 0.6) is 0 Å². The van der Waals surface area contributed by atoms with Crippen molar-refractivity contribution in [3.8, 4) is 11.3 Å². The third-order valence-corrected chi connectivity index (χ3v) is 5.21. The molecule has 0 aliphatic carbocycles. The molecular formula is C23H28F3N7O5. The molecule has 38 heavy (non-hydrogen) atoms. The third kappa shape index (κ3) is 8.04. The van der Waals surface area contributed by atoms with Crippen molar-refractivity contribution in [3.05, 3.63) is 36.2 Å². The minimum Gasteiger partial charge on any atom is -0.475 e. The number of carboxylic acids is 1. The van der Waals surface area contributed by atoms with Gasteiger partial charge in [0.15, 0.2) is 5.65 Å². The van der Waals surface area contributed by atoms with Gasteiger partial charge in [-0.2, -0.15) is 18.3 Å². The summed E-state index contributed by atoms with van der Waals surface area (Å²) < 4.78 is 33.5. The van der Waals surface area contributed by atoms with Gasteiger partial charge in [-0.25, -0.2) is 24.2 Å². The molecule has 0 aliphatic heterocycles. The molecule has 0 radical (unpaired) electrons. The van der Waals surface area contributed by atoms with Gasteiger partial charge in [-0.1, -0.05) is 29.8 Å². The van der Waals surface area contributed by atoms with Gasteiger partial charge < -0.3 is 26.6 Å². The van der Waals surface area contributed by atoms with Crippen molar-refractivity contribution in [1.82, 2.24) is 30.4 Å². The fourth-order valence-corrected chi connectivity index (χ4v) is 3.23. The topological polar surface area (TPSA) is 185 Å². The normalized spacial score (nSPS) is 11.4. The third-order valence-electron chi connectivity index (χ3n) is 5.21. The predicted octanol–water partition coefficient (Wildman–Crippen LogP) is 2.92. The van der Waals surface area contributed by atoms with Crippen LogP contribution in [0.2, 0.25) is 0 Å². The average molecular weight is 540 g/mol. The average Bonchev–Trinajstić information content (AvgIpc) is 3.23. The number of anilines is 1. The molecule has 12 nitrogen and oxygen atoms in total. The number of carboxylic acid groups (broad SMARTS) is 2. The van der Waals surface area contributed by atoms with Crippen molar-refractivity contribution in [2.75, 3.05) is 18.8 Å². The van der Waals surface area contributed by atoms with Crippen LogP contribution in [0.15, 0.2) is 30.6 Å². The van der Waals surface area contributed by atoms with Crippen molar-refractivity contribution in [1.29, 1.82) is 0 Å². The maximum absolute atomic E-state index is 12.2. The van der Waals surface area contributed by atoms with E-state index in [0.717, 1.165) is 11.1 Å². The Bertz CT molecular complexity index is 1290. The Morgan fingerprint density at radius 1 is 1.05 bits per heavy atom. The van der Waals surface area contributed by atoms with Crippen molar-refractivity contribution >= 4 is 34.8 Å². The molecule has 2 aromatic heterocycles. The molecule has 0 saturated carbocycles. The van der Waals surface area contributed by atoms with Gasteiger partial charge in [0, 0.05) is 25.1 Å². The lowest BCUT2D eigenvalue weighted by Crippen LogP contribution is -2.41. The summed E-state index contributed by atoms with van der Waals surface area (Å²) in [7, 11) is 0. The number of benzene rings is 1. The number of aromatic nitrogens is 4. The van der Waals surface area contributed by atoms with E-state index in [0.29, 0.717) is 35.5 Å². The highest BCUT2D eigenvalue weighted by Gasteiger charge is 2.38. The van der Waals surface area contributed by atoms with Gasteiger partial charge in [0.1, 0.15) is 17.8 Å². The quantitative estimate of drug-likeness (QED) is 0.268. The standard InChI is InChI=1S/C21H27N7O3.C2HF3O2/c1-13-6-8-14(9-7-13)17-16-18(22)25-12-26-19(16)28(27-17)21(2,3)11-24-15(29)5-4-10-23-20(30)31;3-2(4,5)1(6)7/h6-9,12,23H,4-5,10-11H2,1-3H3,(H,24,29)(H,30,31)(H2,22,25,26);(H,6,7). The molecule has 2 heterocycles. The summed E-state index contributed by atoms with van der Waals surface area (Å²) >= 11 is 0. The highest BCUT2D eigenvalue weighted by Crippen LogP contribution is 2.33. The number of carbonyl (C=O) groups is 3. The van der Waals surface area contributed by atoms with Crippen LogP contribution in [0.4, 0.5) is 23.8 Å². The number of halogens is 3. The van der Waals surface area contributed by atoms with Gasteiger partial charge in [0.2, 0.25) is 5.91 Å². The Labute approximate surface area is 215 Å². The number of nitrogens with zero attached hydrogens (tertiary/aromatic N) is 4. The number of nitrogens with two attached hydrogens (primary N) is 1. The number of hydrogen-bond acceptors (Lipinski definition) is 7. The van der Waals surface area contributed by atoms with Crippen molar-refractivity contribution < 1.29 is 37.8 Å². The van der Waals surface area contributed by atoms with Gasteiger partial charge in [0.25, 0.3) is 0 Å². The zero-order chi connectivity index (χ0) is 28.7. The van der Waals surface area contributed by atoms with Crippen LogP contribution in [0.3, 0.4) is 0 Å². The Hall–Kier alpha value is -4.43. The van der Waals surface area contributed by atoms with Gasteiger partial charge in [-0.15, -0.1) is 0 Å². The van der Waals surface area contributed by atoms with Crippen LogP contribution in [-0.2, 0) is 15.1 Å². The molecule has 0 unspecified atom stereocenters. The second kappa shape index (κ2) is 12.2. The zero-order valence-corrected chi connectivity index (χ0v) is 20.8. The van der Waals surface area contributed by atoms with Crippen LogP contribution in [-0.4, -0.2) is 67.2 Å². The molecule has 2 amide bonds. The van der Waals surface area contributed by atoms with Crippen molar-refractivity contribution in [2.24, 2.45) is 0 Å². The second-order valence-electron chi connectivity index (χ2n) is 8.81. The Kier molecular flexibility index (Phi) is 9.57. The van der Waals surface area contributed by atoms with E-state index in [-0.39, 0.29) is 18.9 Å². The van der Waals surface area contributed by atoms with Gasteiger partial charge in [-0.3, -0.25) is 4.79 Å². The van der Waals surface area contributed by atoms with E-state index in [2.05, 4.69) is 20.6 Å². The fraction of sp³-hybridized carbons (Fsp3) is 0.391. The van der Waals surface area contributed by atoms with Crippen LogP contribution < -0.4 is 16.4 Å². The molecule has 6 N–H and O–H groups in total. The first kappa shape index (κ1) is 29.8. The first-order valence-corrected chi connectivity index (χ1v) is 11.2. The molecule has 15 heteroatoms. The number of alkyl halides is 3. The largest absolute Gasteiger partial charge is 0.490 e. The van der Waals surface area contributed by atoms with E-state index in [1.54, 1.807) is 4.68 Å². The number of amides is 2. The first-order chi connectivity index (χ1) is 17.6. The SMILES string of the molecule is Cc1ccc(-c2nn(C(C)(C)CNC(=O)CCCNC(=O)O)c3ncnc(N)c23)cc1.O=C(O)C(F)(F)F. The number of fused-ring (bicyclic) bond motifs is 1. The molecule has 0 atom stereocenters. The van der Waals surface area contributed by atoms with Gasteiger partial charge >= 0.3 is 18.2 Å². The van der Waals surface area contributed by atoms with Crippen LogP contribution in [0.1, 0.15) is 32.3 Å². The number of aryl methyl sites for hydroxylation is 1. The molecule has 0 aliphatic rings. The van der Waals surface area contributed by atoms with Crippen LogP contribution in [0, 0.1) is 6.92 Å². The molecule has 0 fully saturated rings. The number of nitrogens with one attached hydrogen (secondary N) is 2. The Morgan fingerprint density at radius 3 is 2.21 bits per heavy atom. The number of rotatable bonds is 8. The minimum absolute atomic E-state index is 0.162. The molecule has 3 aromatic rings. The lowest BCUT2D eigenvalue weighted by Gasteiger charge is -2.26. The highest BCUT2D eigenvalue weighted by atomic mass is 19.4. The van der Waals surface area contributed by atoms with Crippen molar-refractivity contribution in [2.45, 2.75) is 45.3 Å². The van der Waals surface area contributed by atoms with Gasteiger partial charge in [-0.05, 0) is 27.2 Å². The molecular weight excluding hydrogens is 511 g/mol. The summed E-state index contributed by atoms with van der Waals surface area (Å²) in [6.45, 7) is 6.45. The van der Waals surface area contributed by atoms with E-state index in [9.17, 15) is 22.8 Å². The number of aliphatic carboxylic acids is 1. The number of hydrogen-bond donors (Lipinski definition) is 5. The van der Waals surface area contributed by atoms with E-state index in [1.165, 1.54) is 6.33 Å². The molecule has 3 rings (SSSR count). The van der Waals surface area contributed by atoms with E-state index < -0.39 is 23.8 Å². The Morgan fingerprint density at radius 2 is 1.66 bits per heavy atom. The van der Waals surface area contributed by atoms with Crippen molar-refractivity contribution in [3.63, 3.8) is 0 Å². The number of carbonyl (C=O) groups excluding carboxylic acids is 1. The van der Waals surface area contributed by atoms with E-state index in [1.807, 2.05) is 45.0 Å². The molecule has 0 spiro atoms. The number of nitrogen functional groups attached to an aromatic ring is 1. The molecule has 206 valence electrons. The smallest absolute Gasteiger partial charge is 0.475 e. The monoisotopic (exact) mass is 539 g/mol. The lowest BCUT2D eigenvalue weighted by atomic mass is 10.1. The summed E-state index contributed by atoms with van der Waals surface area (Å²) in [5, 5.41) is 26.3. The Balaban J connectivity index is 0.000000638. The first-order valence-electron chi connectivity index (χ1n) is 11.2. The summed E-state index contributed by atoms with van der Waals surface area (Å²) in [5.74, 6) is -2.57.